The molecule has 1 aliphatic rings. The lowest BCUT2D eigenvalue weighted by Crippen LogP contribution is -2.41. The molecule has 3 rings (SSSR count). The quantitative estimate of drug-likeness (QED) is 0.920. The van der Waals surface area contributed by atoms with Gasteiger partial charge in [-0.1, -0.05) is 12.5 Å². The van der Waals surface area contributed by atoms with E-state index in [-0.39, 0.29) is 5.41 Å². The Hall–Kier alpha value is -0.710. The Morgan fingerprint density at radius 1 is 1.47 bits per heavy atom. The monoisotopic (exact) mass is 264 g/mol. The Kier molecular flexibility index (Phi) is 2.81. The van der Waals surface area contributed by atoms with E-state index in [9.17, 15) is 0 Å². The highest BCUT2D eigenvalue weighted by atomic mass is 32.1. The van der Waals surface area contributed by atoms with Gasteiger partial charge in [-0.2, -0.15) is 0 Å². The number of hydrogen-bond donors (Lipinski definition) is 1. The maximum absolute atomic E-state index is 5.98. The van der Waals surface area contributed by atoms with Gasteiger partial charge in [0.2, 0.25) is 0 Å². The Bertz CT molecular complexity index is 504. The van der Waals surface area contributed by atoms with E-state index >= 15 is 0 Å². The molecule has 0 atom stereocenters. The first kappa shape index (κ1) is 11.4. The Morgan fingerprint density at radius 3 is 2.82 bits per heavy atom. The number of aromatic nitrogens is 1. The van der Waals surface area contributed by atoms with Crippen LogP contribution in [0.1, 0.15) is 29.8 Å². The molecule has 0 aromatic carbocycles. The van der Waals surface area contributed by atoms with Gasteiger partial charge < -0.3 is 5.73 Å². The minimum Gasteiger partial charge on any atom is -0.330 e. The van der Waals surface area contributed by atoms with Crippen LogP contribution >= 0.6 is 22.7 Å². The van der Waals surface area contributed by atoms with Crippen molar-refractivity contribution in [1.29, 1.82) is 0 Å². The van der Waals surface area contributed by atoms with Crippen molar-refractivity contribution >= 4 is 22.7 Å². The third-order valence-corrected chi connectivity index (χ3v) is 6.15. The molecule has 2 aromatic rings. The Labute approximate surface area is 110 Å². The van der Waals surface area contributed by atoms with Gasteiger partial charge in [0, 0.05) is 16.8 Å². The van der Waals surface area contributed by atoms with E-state index in [0.717, 1.165) is 11.6 Å². The standard InChI is InChI=1S/C13H16N2S2/c1-9-11(13(8-14)5-3-6-13)17-12(15-9)10-4-2-7-16-10/h2,4,7H,3,5-6,8,14H2,1H3. The highest BCUT2D eigenvalue weighted by Crippen LogP contribution is 2.47. The van der Waals surface area contributed by atoms with Crippen molar-refractivity contribution in [2.45, 2.75) is 31.6 Å². The van der Waals surface area contributed by atoms with Gasteiger partial charge in [-0.3, -0.25) is 0 Å². The minimum atomic E-state index is 0.247. The summed E-state index contributed by atoms with van der Waals surface area (Å²) in [4.78, 5) is 7.42. The molecule has 0 aliphatic heterocycles. The summed E-state index contributed by atoms with van der Waals surface area (Å²) in [6, 6.07) is 4.22. The van der Waals surface area contributed by atoms with Gasteiger partial charge in [0.25, 0.3) is 0 Å². The number of nitrogens with zero attached hydrogens (tertiary/aromatic N) is 1. The molecule has 1 saturated carbocycles. The second kappa shape index (κ2) is 4.19. The summed E-state index contributed by atoms with van der Waals surface area (Å²) < 4.78 is 0. The second-order valence-corrected chi connectivity index (χ2v) is 6.70. The molecule has 4 heteroatoms. The smallest absolute Gasteiger partial charge is 0.133 e. The van der Waals surface area contributed by atoms with E-state index in [1.54, 1.807) is 11.3 Å². The summed E-state index contributed by atoms with van der Waals surface area (Å²) in [6.45, 7) is 2.89. The first-order valence-electron chi connectivity index (χ1n) is 5.97. The van der Waals surface area contributed by atoms with Crippen LogP contribution in [0.4, 0.5) is 0 Å². The van der Waals surface area contributed by atoms with Crippen LogP contribution in [-0.2, 0) is 5.41 Å². The van der Waals surface area contributed by atoms with Gasteiger partial charge in [0.15, 0.2) is 0 Å². The van der Waals surface area contributed by atoms with Gasteiger partial charge >= 0.3 is 0 Å². The van der Waals surface area contributed by atoms with Crippen molar-refractivity contribution in [2.75, 3.05) is 6.54 Å². The molecule has 2 nitrogen and oxygen atoms in total. The van der Waals surface area contributed by atoms with Gasteiger partial charge in [-0.05, 0) is 31.2 Å². The molecule has 0 unspecified atom stereocenters. The lowest BCUT2D eigenvalue weighted by Gasteiger charge is -2.40. The van der Waals surface area contributed by atoms with Crippen molar-refractivity contribution in [1.82, 2.24) is 4.98 Å². The van der Waals surface area contributed by atoms with Crippen LogP contribution in [0, 0.1) is 6.92 Å². The molecule has 0 radical (unpaired) electrons. The first-order chi connectivity index (χ1) is 8.25. The Balaban J connectivity index is 2.02. The van der Waals surface area contributed by atoms with Crippen LogP contribution in [0.5, 0.6) is 0 Å². The highest BCUT2D eigenvalue weighted by molar-refractivity contribution is 7.21. The largest absolute Gasteiger partial charge is 0.330 e. The van der Waals surface area contributed by atoms with Crippen molar-refractivity contribution < 1.29 is 0 Å². The molecular formula is C13H16N2S2. The number of rotatable bonds is 3. The summed E-state index contributed by atoms with van der Waals surface area (Å²) in [6.07, 6.45) is 3.77. The minimum absolute atomic E-state index is 0.247. The summed E-state index contributed by atoms with van der Waals surface area (Å²) in [5.41, 5.74) is 7.41. The predicted molar refractivity (Wildman–Crippen MR) is 74.7 cm³/mol. The molecule has 1 aliphatic carbocycles. The molecule has 0 amide bonds. The fourth-order valence-electron chi connectivity index (χ4n) is 2.52. The van der Waals surface area contributed by atoms with E-state index < -0.39 is 0 Å². The molecule has 1 fully saturated rings. The summed E-state index contributed by atoms with van der Waals surface area (Å²) in [7, 11) is 0. The number of hydrogen-bond acceptors (Lipinski definition) is 4. The van der Waals surface area contributed by atoms with Gasteiger partial charge in [0.1, 0.15) is 5.01 Å². The van der Waals surface area contributed by atoms with Crippen LogP contribution in [0.25, 0.3) is 9.88 Å². The van der Waals surface area contributed by atoms with Gasteiger partial charge in [0.05, 0.1) is 10.6 Å². The first-order valence-corrected chi connectivity index (χ1v) is 7.67. The van der Waals surface area contributed by atoms with E-state index in [0.29, 0.717) is 0 Å². The van der Waals surface area contributed by atoms with Crippen molar-refractivity contribution in [3.63, 3.8) is 0 Å². The average molecular weight is 264 g/mol. The van der Waals surface area contributed by atoms with E-state index in [2.05, 4.69) is 24.4 Å². The maximum atomic E-state index is 5.98. The van der Waals surface area contributed by atoms with Crippen LogP contribution in [-0.4, -0.2) is 11.5 Å². The zero-order chi connectivity index (χ0) is 11.9. The fourth-order valence-corrected chi connectivity index (χ4v) is 4.64. The van der Waals surface area contributed by atoms with Crippen molar-refractivity contribution in [3.8, 4) is 9.88 Å². The SMILES string of the molecule is Cc1nc(-c2cccs2)sc1C1(CN)CCC1. The van der Waals surface area contributed by atoms with Crippen molar-refractivity contribution in [3.05, 3.63) is 28.1 Å². The maximum Gasteiger partial charge on any atom is 0.133 e. The third-order valence-electron chi connectivity index (χ3n) is 3.71. The van der Waals surface area contributed by atoms with E-state index in [1.165, 1.54) is 34.7 Å². The molecule has 2 heterocycles. The predicted octanol–water partition coefficient (Wildman–Crippen LogP) is 3.56. The molecule has 2 aromatic heterocycles. The zero-order valence-corrected chi connectivity index (χ0v) is 11.5. The zero-order valence-electron chi connectivity index (χ0n) is 9.90. The average Bonchev–Trinajstić information content (AvgIpc) is 2.87. The summed E-state index contributed by atoms with van der Waals surface area (Å²) >= 11 is 3.60. The normalized spacial score (nSPS) is 18.0. The Morgan fingerprint density at radius 2 is 2.29 bits per heavy atom. The van der Waals surface area contributed by atoms with Crippen LogP contribution in [0.2, 0.25) is 0 Å². The molecule has 17 heavy (non-hydrogen) atoms. The lowest BCUT2D eigenvalue weighted by atomic mass is 9.67. The lowest BCUT2D eigenvalue weighted by molar-refractivity contribution is 0.257. The van der Waals surface area contributed by atoms with Crippen molar-refractivity contribution in [2.24, 2.45) is 5.73 Å². The number of aryl methyl sites for hydroxylation is 1. The molecule has 0 bridgehead atoms. The molecule has 2 N–H and O–H groups in total. The molecule has 0 spiro atoms. The summed E-state index contributed by atoms with van der Waals surface area (Å²) in [5.74, 6) is 0. The number of thiazole rings is 1. The fraction of sp³-hybridized carbons (Fsp3) is 0.462. The third kappa shape index (κ3) is 1.75. The van der Waals surface area contributed by atoms with E-state index in [1.807, 2.05) is 11.3 Å². The number of thiophene rings is 1. The van der Waals surface area contributed by atoms with Gasteiger partial charge in [-0.15, -0.1) is 22.7 Å². The summed E-state index contributed by atoms with van der Waals surface area (Å²) in [5, 5.41) is 3.26. The topological polar surface area (TPSA) is 38.9 Å². The highest BCUT2D eigenvalue weighted by Gasteiger charge is 2.40. The van der Waals surface area contributed by atoms with Crippen LogP contribution in [0.3, 0.4) is 0 Å². The molecular weight excluding hydrogens is 248 g/mol. The molecule has 0 saturated heterocycles. The van der Waals surface area contributed by atoms with Gasteiger partial charge in [-0.25, -0.2) is 4.98 Å². The van der Waals surface area contributed by atoms with Crippen LogP contribution in [0.15, 0.2) is 17.5 Å². The second-order valence-electron chi connectivity index (χ2n) is 4.75. The molecule has 90 valence electrons. The van der Waals surface area contributed by atoms with Crippen LogP contribution < -0.4 is 5.73 Å². The number of nitrogens with two attached hydrogens (primary N) is 1. The van der Waals surface area contributed by atoms with E-state index in [4.69, 9.17) is 10.7 Å².